The summed E-state index contributed by atoms with van der Waals surface area (Å²) in [5.41, 5.74) is 3.21. The Hall–Kier alpha value is -2.22. The monoisotopic (exact) mass is 483 g/mol. The van der Waals surface area contributed by atoms with Crippen molar-refractivity contribution in [3.63, 3.8) is 0 Å². The normalized spacial score (nSPS) is 24.8. The van der Waals surface area contributed by atoms with Crippen molar-refractivity contribution in [3.05, 3.63) is 52.4 Å². The van der Waals surface area contributed by atoms with Gasteiger partial charge in [-0.15, -0.1) is 0 Å². The molecular formula is C26H34ClN5O2. The molecule has 0 radical (unpaired) electrons. The largest absolute Gasteiger partial charge is 0.396 e. The number of nitrogens with zero attached hydrogens (tertiary/aromatic N) is 4. The zero-order valence-electron chi connectivity index (χ0n) is 20.0. The van der Waals surface area contributed by atoms with Gasteiger partial charge in [-0.05, 0) is 57.2 Å². The second kappa shape index (κ2) is 9.44. The minimum Gasteiger partial charge on any atom is -0.396 e. The lowest BCUT2D eigenvalue weighted by molar-refractivity contribution is -0.133. The molecule has 2 N–H and O–H groups in total. The molecule has 0 bridgehead atoms. The lowest BCUT2D eigenvalue weighted by atomic mass is 9.88. The molecule has 5 rings (SSSR count). The summed E-state index contributed by atoms with van der Waals surface area (Å²) in [6.07, 6.45) is 5.47. The Kier molecular flexibility index (Phi) is 6.53. The Morgan fingerprint density at radius 1 is 1.18 bits per heavy atom. The van der Waals surface area contributed by atoms with E-state index in [4.69, 9.17) is 11.6 Å². The van der Waals surface area contributed by atoms with Crippen LogP contribution in [0.5, 0.6) is 0 Å². The van der Waals surface area contributed by atoms with E-state index in [9.17, 15) is 9.90 Å². The summed E-state index contributed by atoms with van der Waals surface area (Å²) < 4.78 is 0. The summed E-state index contributed by atoms with van der Waals surface area (Å²) in [7, 11) is 0. The molecule has 2 saturated heterocycles. The van der Waals surface area contributed by atoms with Crippen molar-refractivity contribution in [3.8, 4) is 0 Å². The Bertz CT molecular complexity index is 1040. The van der Waals surface area contributed by atoms with Crippen LogP contribution in [0.15, 0.2) is 30.6 Å². The van der Waals surface area contributed by atoms with Crippen molar-refractivity contribution in [2.45, 2.75) is 62.9 Å². The fourth-order valence-corrected chi connectivity index (χ4v) is 6.02. The molecule has 2 fully saturated rings. The Morgan fingerprint density at radius 2 is 1.91 bits per heavy atom. The quantitative estimate of drug-likeness (QED) is 0.680. The second-order valence-corrected chi connectivity index (χ2v) is 10.9. The van der Waals surface area contributed by atoms with E-state index in [1.807, 2.05) is 29.2 Å². The molecular weight excluding hydrogens is 450 g/mol. The number of aliphatic hydroxyl groups excluding tert-OH is 1. The highest BCUT2D eigenvalue weighted by Crippen LogP contribution is 2.38. The van der Waals surface area contributed by atoms with E-state index in [1.54, 1.807) is 6.33 Å². The van der Waals surface area contributed by atoms with E-state index in [-0.39, 0.29) is 35.9 Å². The number of piperazine rings is 1. The fourth-order valence-electron chi connectivity index (χ4n) is 5.89. The molecule has 182 valence electrons. The van der Waals surface area contributed by atoms with Crippen LogP contribution in [-0.4, -0.2) is 70.2 Å². The summed E-state index contributed by atoms with van der Waals surface area (Å²) >= 11 is 6.14. The lowest BCUT2D eigenvalue weighted by Crippen LogP contribution is -2.53. The number of anilines is 1. The Morgan fingerprint density at radius 3 is 2.56 bits per heavy atom. The van der Waals surface area contributed by atoms with Gasteiger partial charge in [0.05, 0.1) is 12.5 Å². The summed E-state index contributed by atoms with van der Waals surface area (Å²) in [4.78, 5) is 27.2. The number of aryl methyl sites for hydroxylation is 1. The number of aliphatic hydroxyl groups is 1. The maximum atomic E-state index is 13.9. The first kappa shape index (κ1) is 23.5. The van der Waals surface area contributed by atoms with Crippen molar-refractivity contribution >= 4 is 23.3 Å². The van der Waals surface area contributed by atoms with Gasteiger partial charge in [-0.1, -0.05) is 23.7 Å². The zero-order valence-corrected chi connectivity index (χ0v) is 20.8. The average molecular weight is 484 g/mol. The SMILES string of the molecule is CC1(C)CCC(C(C(=O)N2CCN(c3ncnc4c3C(CO)CC4)CC2)c2ccc(Cl)cc2)N1. The number of amides is 1. The average Bonchev–Trinajstić information content (AvgIpc) is 3.43. The molecule has 1 aromatic heterocycles. The highest BCUT2D eigenvalue weighted by atomic mass is 35.5. The van der Waals surface area contributed by atoms with E-state index in [1.165, 1.54) is 0 Å². The Balaban J connectivity index is 1.33. The molecule has 1 aliphatic carbocycles. The topological polar surface area (TPSA) is 81.6 Å². The first-order valence-electron chi connectivity index (χ1n) is 12.4. The molecule has 2 aromatic rings. The number of carbonyl (C=O) groups excluding carboxylic acids is 1. The van der Waals surface area contributed by atoms with Crippen molar-refractivity contribution in [1.29, 1.82) is 0 Å². The third-order valence-corrected chi connectivity index (χ3v) is 8.00. The van der Waals surface area contributed by atoms with E-state index >= 15 is 0 Å². The van der Waals surface area contributed by atoms with Crippen LogP contribution < -0.4 is 10.2 Å². The number of rotatable bonds is 5. The standard InChI is InChI=1S/C26H34ClN5O2/c1-26(2)10-9-21(30-26)23(17-3-6-19(27)7-4-17)25(34)32-13-11-31(12-14-32)24-22-18(15-33)5-8-20(22)28-16-29-24/h3-4,6-7,16,18,21,23,30,33H,5,8-15H2,1-2H3. The Labute approximate surface area is 206 Å². The molecule has 2 aliphatic heterocycles. The number of carbonyl (C=O) groups is 1. The summed E-state index contributed by atoms with van der Waals surface area (Å²) in [5, 5.41) is 14.2. The van der Waals surface area contributed by atoms with Crippen molar-refractivity contribution in [1.82, 2.24) is 20.2 Å². The van der Waals surface area contributed by atoms with Gasteiger partial charge >= 0.3 is 0 Å². The molecule has 3 heterocycles. The van der Waals surface area contributed by atoms with Crippen LogP contribution >= 0.6 is 11.6 Å². The van der Waals surface area contributed by atoms with Gasteiger partial charge in [-0.25, -0.2) is 9.97 Å². The third kappa shape index (κ3) is 4.53. The summed E-state index contributed by atoms with van der Waals surface area (Å²) in [5.74, 6) is 0.991. The first-order chi connectivity index (χ1) is 16.4. The van der Waals surface area contributed by atoms with Gasteiger partial charge in [0, 0.05) is 60.0 Å². The van der Waals surface area contributed by atoms with Gasteiger partial charge in [-0.3, -0.25) is 4.79 Å². The minimum atomic E-state index is -0.229. The van der Waals surface area contributed by atoms with E-state index < -0.39 is 0 Å². The molecule has 1 aromatic carbocycles. The molecule has 7 nitrogen and oxygen atoms in total. The van der Waals surface area contributed by atoms with Crippen molar-refractivity contribution in [2.75, 3.05) is 37.7 Å². The molecule has 0 spiro atoms. The van der Waals surface area contributed by atoms with Gasteiger partial charge in [0.15, 0.2) is 0 Å². The van der Waals surface area contributed by atoms with Gasteiger partial charge in [0.1, 0.15) is 12.1 Å². The predicted molar refractivity (Wildman–Crippen MR) is 133 cm³/mol. The molecule has 3 atom stereocenters. The number of aromatic nitrogens is 2. The highest BCUT2D eigenvalue weighted by molar-refractivity contribution is 6.30. The molecule has 8 heteroatoms. The van der Waals surface area contributed by atoms with Crippen LogP contribution in [0, 0.1) is 0 Å². The maximum absolute atomic E-state index is 13.9. The molecule has 1 amide bonds. The van der Waals surface area contributed by atoms with Gasteiger partial charge in [-0.2, -0.15) is 0 Å². The zero-order chi connectivity index (χ0) is 23.9. The van der Waals surface area contributed by atoms with Gasteiger partial charge in [0.2, 0.25) is 5.91 Å². The number of halogens is 1. The van der Waals surface area contributed by atoms with E-state index in [0.29, 0.717) is 18.1 Å². The van der Waals surface area contributed by atoms with Gasteiger partial charge in [0.25, 0.3) is 0 Å². The molecule has 3 unspecified atom stereocenters. The van der Waals surface area contributed by atoms with Crippen LogP contribution in [0.4, 0.5) is 5.82 Å². The maximum Gasteiger partial charge on any atom is 0.231 e. The van der Waals surface area contributed by atoms with Crippen LogP contribution in [0.1, 0.15) is 61.8 Å². The number of nitrogens with one attached hydrogen (secondary N) is 1. The second-order valence-electron chi connectivity index (χ2n) is 10.5. The predicted octanol–water partition coefficient (Wildman–Crippen LogP) is 3.12. The number of fused-ring (bicyclic) bond motifs is 1. The lowest BCUT2D eigenvalue weighted by Gasteiger charge is -2.39. The molecule has 34 heavy (non-hydrogen) atoms. The number of hydrogen-bond acceptors (Lipinski definition) is 6. The van der Waals surface area contributed by atoms with Crippen LogP contribution in [0.2, 0.25) is 5.02 Å². The molecule has 3 aliphatic rings. The van der Waals surface area contributed by atoms with Crippen LogP contribution in [0.3, 0.4) is 0 Å². The minimum absolute atomic E-state index is 0.0327. The third-order valence-electron chi connectivity index (χ3n) is 7.75. The summed E-state index contributed by atoms with van der Waals surface area (Å²) in [6, 6.07) is 7.85. The highest BCUT2D eigenvalue weighted by Gasteiger charge is 2.41. The van der Waals surface area contributed by atoms with Crippen LogP contribution in [-0.2, 0) is 11.2 Å². The fraction of sp³-hybridized carbons (Fsp3) is 0.577. The van der Waals surface area contributed by atoms with Crippen molar-refractivity contribution in [2.24, 2.45) is 0 Å². The number of hydrogen-bond donors (Lipinski definition) is 2. The molecule has 0 saturated carbocycles. The smallest absolute Gasteiger partial charge is 0.231 e. The van der Waals surface area contributed by atoms with E-state index in [0.717, 1.165) is 61.4 Å². The van der Waals surface area contributed by atoms with Crippen molar-refractivity contribution < 1.29 is 9.90 Å². The van der Waals surface area contributed by atoms with Crippen LogP contribution in [0.25, 0.3) is 0 Å². The first-order valence-corrected chi connectivity index (χ1v) is 12.8. The number of benzene rings is 1. The van der Waals surface area contributed by atoms with Gasteiger partial charge < -0.3 is 20.2 Å². The summed E-state index contributed by atoms with van der Waals surface area (Å²) in [6.45, 7) is 7.29. The van der Waals surface area contributed by atoms with E-state index in [2.05, 4.69) is 34.0 Å².